The number of benzene rings is 2. The number of carbonyl (C=O) groups is 1. The van der Waals surface area contributed by atoms with Gasteiger partial charge in [-0.2, -0.15) is 4.31 Å². The van der Waals surface area contributed by atoms with Crippen LogP contribution in [0.5, 0.6) is 0 Å². The molecule has 1 amide bonds. The van der Waals surface area contributed by atoms with Crippen LogP contribution in [0, 0.1) is 24.2 Å². The van der Waals surface area contributed by atoms with Crippen molar-refractivity contribution in [1.82, 2.24) is 9.21 Å². The number of hydrogen-bond donors (Lipinski definition) is 0. The molecule has 2 aromatic carbocycles. The minimum absolute atomic E-state index is 0.0769. The predicted octanol–water partition coefficient (Wildman–Crippen LogP) is 4.64. The van der Waals surface area contributed by atoms with Gasteiger partial charge in [-0.3, -0.25) is 4.90 Å². The molecule has 2 heterocycles. The first-order valence-corrected chi connectivity index (χ1v) is 15.3. The van der Waals surface area contributed by atoms with Crippen LogP contribution < -0.4 is 0 Å². The summed E-state index contributed by atoms with van der Waals surface area (Å²) in [4.78, 5) is 15.3. The van der Waals surface area contributed by atoms with Crippen LogP contribution in [0.4, 0.5) is 4.79 Å². The van der Waals surface area contributed by atoms with E-state index >= 15 is 0 Å². The van der Waals surface area contributed by atoms with Crippen LogP contribution in [0.25, 0.3) is 0 Å². The van der Waals surface area contributed by atoms with Crippen molar-refractivity contribution in [2.45, 2.75) is 49.3 Å². The number of allylic oxidation sites excluding steroid dienone is 1. The number of methoxy groups -OCH3 is 2. The number of rotatable bonds is 10. The summed E-state index contributed by atoms with van der Waals surface area (Å²) in [6, 6.07) is 16.3. The minimum Gasteiger partial charge on any atom is -0.453 e. The van der Waals surface area contributed by atoms with Crippen LogP contribution in [-0.4, -0.2) is 75.8 Å². The van der Waals surface area contributed by atoms with Gasteiger partial charge in [-0.15, -0.1) is 6.58 Å². The molecule has 0 spiro atoms. The lowest BCUT2D eigenvalue weighted by Gasteiger charge is -2.62. The molecule has 5 rings (SSSR count). The van der Waals surface area contributed by atoms with E-state index in [1.807, 2.05) is 55.5 Å². The third-order valence-electron chi connectivity index (χ3n) is 9.25. The zero-order valence-corrected chi connectivity index (χ0v) is 24.4. The molecule has 1 aliphatic carbocycles. The fourth-order valence-corrected chi connectivity index (χ4v) is 9.66. The zero-order chi connectivity index (χ0) is 28.5. The van der Waals surface area contributed by atoms with Crippen molar-refractivity contribution >= 4 is 16.1 Å². The van der Waals surface area contributed by atoms with Crippen molar-refractivity contribution < 1.29 is 27.4 Å². The van der Waals surface area contributed by atoms with Crippen LogP contribution in [0.3, 0.4) is 0 Å². The summed E-state index contributed by atoms with van der Waals surface area (Å²) in [5.74, 6) is 0.239. The number of hydrogen-bond acceptors (Lipinski definition) is 6. The molecule has 2 aliphatic heterocycles. The molecule has 5 atom stereocenters. The summed E-state index contributed by atoms with van der Waals surface area (Å²) >= 11 is 0. The Bertz CT molecular complexity index is 1320. The molecule has 2 saturated heterocycles. The van der Waals surface area contributed by atoms with E-state index < -0.39 is 33.1 Å². The second-order valence-electron chi connectivity index (χ2n) is 11.5. The smallest absolute Gasteiger partial charge is 0.410 e. The first-order chi connectivity index (χ1) is 19.2. The van der Waals surface area contributed by atoms with E-state index in [0.29, 0.717) is 45.6 Å². The van der Waals surface area contributed by atoms with Crippen molar-refractivity contribution in [3.8, 4) is 0 Å². The maximum absolute atomic E-state index is 14.4. The molecule has 0 N–H and O–H groups in total. The summed E-state index contributed by atoms with van der Waals surface area (Å²) in [5, 5.41) is 0. The number of carbonyl (C=O) groups excluding carboxylic acids is 1. The summed E-state index contributed by atoms with van der Waals surface area (Å²) in [6.07, 6.45) is 3.29. The predicted molar refractivity (Wildman–Crippen MR) is 152 cm³/mol. The van der Waals surface area contributed by atoms with Crippen molar-refractivity contribution in [2.24, 2.45) is 17.3 Å². The monoisotopic (exact) mass is 568 g/mol. The van der Waals surface area contributed by atoms with Crippen LogP contribution in [0.2, 0.25) is 0 Å². The second-order valence-corrected chi connectivity index (χ2v) is 13.4. The van der Waals surface area contributed by atoms with Crippen LogP contribution in [-0.2, 0) is 30.8 Å². The molecule has 216 valence electrons. The number of likely N-dealkylation sites (tertiary alicyclic amines) is 1. The SMILES string of the molecule is C=CC[C@@]1(COCc2ccccc2)C[C@H]2CN(C(=O)OC)[C@@]3(COC)[C@@H]2CCN(S(=O)(=O)c2ccc(C)cc2)[C@@H]13. The van der Waals surface area contributed by atoms with E-state index in [1.54, 1.807) is 28.4 Å². The summed E-state index contributed by atoms with van der Waals surface area (Å²) in [7, 11) is -0.934. The first kappa shape index (κ1) is 28.8. The molecule has 9 heteroatoms. The summed E-state index contributed by atoms with van der Waals surface area (Å²) in [5.41, 5.74) is 0.498. The van der Waals surface area contributed by atoms with Crippen molar-refractivity contribution in [3.63, 3.8) is 0 Å². The van der Waals surface area contributed by atoms with Gasteiger partial charge >= 0.3 is 6.09 Å². The van der Waals surface area contributed by atoms with Gasteiger partial charge in [0, 0.05) is 25.6 Å². The zero-order valence-electron chi connectivity index (χ0n) is 23.6. The van der Waals surface area contributed by atoms with Crippen LogP contribution in [0.1, 0.15) is 30.4 Å². The Morgan fingerprint density at radius 2 is 1.82 bits per heavy atom. The van der Waals surface area contributed by atoms with Crippen molar-refractivity contribution in [1.29, 1.82) is 0 Å². The standard InChI is InChI=1S/C31H40N2O6S/c1-5-16-30(21-39-20-24-9-7-6-8-10-24)18-25-19-32(29(34)38-4)31(22-37-3)27(25)15-17-33(28(30)31)40(35,36)26-13-11-23(2)12-14-26/h5-14,25,27-28H,1,15-22H2,2-4H3/t25-,27+,28-,30-,31-/m0/s1. The van der Waals surface area contributed by atoms with Gasteiger partial charge in [0.25, 0.3) is 0 Å². The highest BCUT2D eigenvalue weighted by molar-refractivity contribution is 7.89. The highest BCUT2D eigenvalue weighted by Gasteiger charge is 2.73. The highest BCUT2D eigenvalue weighted by Crippen LogP contribution is 2.62. The van der Waals surface area contributed by atoms with Gasteiger partial charge in [0.05, 0.1) is 43.4 Å². The minimum atomic E-state index is -3.92. The third kappa shape index (κ3) is 4.66. The number of ether oxygens (including phenoxy) is 3. The van der Waals surface area contributed by atoms with Gasteiger partial charge in [-0.05, 0) is 55.7 Å². The van der Waals surface area contributed by atoms with E-state index in [4.69, 9.17) is 14.2 Å². The Labute approximate surface area is 237 Å². The second kappa shape index (κ2) is 11.3. The Balaban J connectivity index is 1.65. The molecule has 1 saturated carbocycles. The van der Waals surface area contributed by atoms with Gasteiger partial charge < -0.3 is 14.2 Å². The molecular weight excluding hydrogens is 528 g/mol. The van der Waals surface area contributed by atoms with Crippen molar-refractivity contribution in [2.75, 3.05) is 40.5 Å². The first-order valence-electron chi connectivity index (χ1n) is 13.9. The van der Waals surface area contributed by atoms with Crippen molar-refractivity contribution in [3.05, 3.63) is 78.4 Å². The molecule has 8 nitrogen and oxygen atoms in total. The topological polar surface area (TPSA) is 85.4 Å². The normalized spacial score (nSPS) is 29.8. The lowest BCUT2D eigenvalue weighted by atomic mass is 9.53. The molecule has 4 bridgehead atoms. The largest absolute Gasteiger partial charge is 0.453 e. The van der Waals surface area contributed by atoms with Gasteiger partial charge in [0.2, 0.25) is 10.0 Å². The molecule has 3 aliphatic rings. The molecule has 0 unspecified atom stereocenters. The number of sulfonamides is 1. The lowest BCUT2D eigenvalue weighted by Crippen LogP contribution is -2.76. The van der Waals surface area contributed by atoms with E-state index in [-0.39, 0.29) is 23.3 Å². The summed E-state index contributed by atoms with van der Waals surface area (Å²) in [6.45, 7) is 7.79. The number of piperidine rings is 1. The molecule has 0 aromatic heterocycles. The maximum atomic E-state index is 14.4. The van der Waals surface area contributed by atoms with E-state index in [0.717, 1.165) is 11.1 Å². The Hall–Kier alpha value is -2.72. The van der Waals surface area contributed by atoms with E-state index in [9.17, 15) is 13.2 Å². The Kier molecular flexibility index (Phi) is 8.12. The average Bonchev–Trinajstić information content (AvgIpc) is 3.19. The van der Waals surface area contributed by atoms with E-state index in [2.05, 4.69) is 6.58 Å². The third-order valence-corrected chi connectivity index (χ3v) is 11.1. The van der Waals surface area contributed by atoms with Gasteiger partial charge in [0.15, 0.2) is 0 Å². The molecule has 2 aromatic rings. The number of amides is 1. The van der Waals surface area contributed by atoms with E-state index in [1.165, 1.54) is 7.11 Å². The summed E-state index contributed by atoms with van der Waals surface area (Å²) < 4.78 is 48.1. The molecule has 40 heavy (non-hydrogen) atoms. The maximum Gasteiger partial charge on any atom is 0.410 e. The Morgan fingerprint density at radius 1 is 1.10 bits per heavy atom. The molecular formula is C31H40N2O6S. The number of nitrogens with zero attached hydrogens (tertiary/aromatic N) is 2. The molecule has 3 fully saturated rings. The number of aryl methyl sites for hydroxylation is 1. The lowest BCUT2D eigenvalue weighted by molar-refractivity contribution is -0.143. The molecule has 0 radical (unpaired) electrons. The van der Waals surface area contributed by atoms with Gasteiger partial charge in [0.1, 0.15) is 0 Å². The van der Waals surface area contributed by atoms with Crippen LogP contribution in [0.15, 0.2) is 72.1 Å². The fraction of sp³-hybridized carbons (Fsp3) is 0.516. The van der Waals surface area contributed by atoms with Gasteiger partial charge in [-0.1, -0.05) is 54.1 Å². The van der Waals surface area contributed by atoms with Gasteiger partial charge in [-0.25, -0.2) is 13.2 Å². The Morgan fingerprint density at radius 3 is 2.48 bits per heavy atom. The highest BCUT2D eigenvalue weighted by atomic mass is 32.2. The fourth-order valence-electron chi connectivity index (χ4n) is 7.88. The van der Waals surface area contributed by atoms with Crippen LogP contribution >= 0.6 is 0 Å². The average molecular weight is 569 g/mol. The quantitative estimate of drug-likeness (QED) is 0.388.